The molecule has 23 heavy (non-hydrogen) atoms. The molecule has 6 heteroatoms. The van der Waals surface area contributed by atoms with Gasteiger partial charge in [0.05, 0.1) is 10.7 Å². The van der Waals surface area contributed by atoms with E-state index in [1.807, 2.05) is 0 Å². The summed E-state index contributed by atoms with van der Waals surface area (Å²) in [6.07, 6.45) is 10.2. The van der Waals surface area contributed by atoms with Crippen molar-refractivity contribution >= 4 is 15.9 Å². The van der Waals surface area contributed by atoms with E-state index in [1.54, 1.807) is 4.31 Å². The monoisotopic (exact) mass is 340 g/mol. The van der Waals surface area contributed by atoms with Crippen LogP contribution in [0.1, 0.15) is 64.2 Å². The van der Waals surface area contributed by atoms with Crippen molar-refractivity contribution in [3.63, 3.8) is 0 Å². The summed E-state index contributed by atoms with van der Waals surface area (Å²) in [6.45, 7) is 1.86. The Bertz CT molecular complexity index is 581. The van der Waals surface area contributed by atoms with Gasteiger partial charge in [-0.2, -0.15) is 0 Å². The molecule has 1 spiro atoms. The summed E-state index contributed by atoms with van der Waals surface area (Å²) in [6, 6.07) is 0.405. The Morgan fingerprint density at radius 1 is 0.913 bits per heavy atom. The largest absolute Gasteiger partial charge is 0.339 e. The minimum Gasteiger partial charge on any atom is -0.339 e. The van der Waals surface area contributed by atoms with Gasteiger partial charge in [-0.1, -0.05) is 19.3 Å². The molecule has 130 valence electrons. The van der Waals surface area contributed by atoms with Gasteiger partial charge in [-0.25, -0.2) is 12.7 Å². The van der Waals surface area contributed by atoms with Crippen molar-refractivity contribution in [3.8, 4) is 0 Å². The van der Waals surface area contributed by atoms with Gasteiger partial charge in [-0.15, -0.1) is 0 Å². The Balaban J connectivity index is 1.50. The minimum atomic E-state index is -3.14. The van der Waals surface area contributed by atoms with Crippen LogP contribution in [0.5, 0.6) is 0 Å². The maximum absolute atomic E-state index is 13.2. The van der Waals surface area contributed by atoms with Crippen LogP contribution in [-0.2, 0) is 14.8 Å². The van der Waals surface area contributed by atoms with Crippen LogP contribution in [0.15, 0.2) is 0 Å². The normalized spacial score (nSPS) is 34.4. The molecule has 4 rings (SSSR count). The Hall–Kier alpha value is -0.620. The number of hydrogen-bond acceptors (Lipinski definition) is 3. The van der Waals surface area contributed by atoms with E-state index < -0.39 is 15.4 Å². The average molecular weight is 340 g/mol. The van der Waals surface area contributed by atoms with Crippen LogP contribution in [0.25, 0.3) is 0 Å². The first-order valence-electron chi connectivity index (χ1n) is 9.33. The highest BCUT2D eigenvalue weighted by molar-refractivity contribution is 7.90. The van der Waals surface area contributed by atoms with E-state index in [-0.39, 0.29) is 11.2 Å². The molecule has 2 heterocycles. The molecule has 5 nitrogen and oxygen atoms in total. The summed E-state index contributed by atoms with van der Waals surface area (Å²) in [7, 11) is -3.14. The van der Waals surface area contributed by atoms with Gasteiger partial charge < -0.3 is 4.90 Å². The number of nitrogens with zero attached hydrogens (tertiary/aromatic N) is 2. The maximum Gasteiger partial charge on any atom is 0.230 e. The van der Waals surface area contributed by atoms with E-state index in [0.29, 0.717) is 19.1 Å². The Kier molecular flexibility index (Phi) is 3.95. The standard InChI is InChI=1S/C17H28N2O3S/c20-16-17(9-4-11-19(16)14-5-2-1-3-6-14)10-12-18(13-17)23(21,22)15-7-8-15/h14-15H,1-13H2/t17-/m0/s1. The molecule has 2 aliphatic heterocycles. The van der Waals surface area contributed by atoms with Gasteiger partial charge in [0.25, 0.3) is 0 Å². The van der Waals surface area contributed by atoms with Crippen molar-refractivity contribution in [2.75, 3.05) is 19.6 Å². The lowest BCUT2D eigenvalue weighted by Gasteiger charge is -2.44. The average Bonchev–Trinajstić information content (AvgIpc) is 3.33. The third kappa shape index (κ3) is 2.72. The van der Waals surface area contributed by atoms with Gasteiger partial charge in [0.15, 0.2) is 0 Å². The lowest BCUT2D eigenvalue weighted by molar-refractivity contribution is -0.149. The predicted molar refractivity (Wildman–Crippen MR) is 88.4 cm³/mol. The lowest BCUT2D eigenvalue weighted by atomic mass is 9.77. The van der Waals surface area contributed by atoms with E-state index in [2.05, 4.69) is 4.90 Å². The van der Waals surface area contributed by atoms with Crippen LogP contribution in [-0.4, -0.2) is 54.5 Å². The predicted octanol–water partition coefficient (Wildman–Crippen LogP) is 2.13. The second kappa shape index (κ2) is 5.73. The quantitative estimate of drug-likeness (QED) is 0.791. The molecular weight excluding hydrogens is 312 g/mol. The summed E-state index contributed by atoms with van der Waals surface area (Å²) in [5.41, 5.74) is -0.419. The summed E-state index contributed by atoms with van der Waals surface area (Å²) in [4.78, 5) is 15.3. The third-order valence-corrected chi connectivity index (χ3v) is 8.75. The molecule has 0 N–H and O–H groups in total. The van der Waals surface area contributed by atoms with Gasteiger partial charge in [-0.05, 0) is 44.9 Å². The van der Waals surface area contributed by atoms with Crippen LogP contribution in [0.2, 0.25) is 0 Å². The first-order valence-corrected chi connectivity index (χ1v) is 10.8. The fraction of sp³-hybridized carbons (Fsp3) is 0.941. The molecule has 2 saturated heterocycles. The first-order chi connectivity index (χ1) is 11.0. The number of carbonyl (C=O) groups is 1. The van der Waals surface area contributed by atoms with E-state index in [0.717, 1.165) is 51.5 Å². The maximum atomic E-state index is 13.2. The molecule has 4 aliphatic rings. The second-order valence-electron chi connectivity index (χ2n) is 8.00. The van der Waals surface area contributed by atoms with Crippen LogP contribution >= 0.6 is 0 Å². The number of likely N-dealkylation sites (tertiary alicyclic amines) is 1. The highest BCUT2D eigenvalue weighted by Crippen LogP contribution is 2.44. The number of rotatable bonds is 3. The zero-order valence-corrected chi connectivity index (χ0v) is 14.7. The molecule has 2 aliphatic carbocycles. The molecular formula is C17H28N2O3S. The molecule has 0 radical (unpaired) electrons. The van der Waals surface area contributed by atoms with Gasteiger partial charge in [0.2, 0.25) is 15.9 Å². The van der Waals surface area contributed by atoms with E-state index >= 15 is 0 Å². The van der Waals surface area contributed by atoms with Gasteiger partial charge in [-0.3, -0.25) is 4.79 Å². The van der Waals surface area contributed by atoms with Gasteiger partial charge in [0, 0.05) is 25.7 Å². The van der Waals surface area contributed by atoms with Crippen molar-refractivity contribution in [2.45, 2.75) is 75.5 Å². The number of hydrogen-bond donors (Lipinski definition) is 0. The van der Waals surface area contributed by atoms with Gasteiger partial charge in [0.1, 0.15) is 0 Å². The molecule has 1 atom stereocenters. The number of piperidine rings is 1. The number of sulfonamides is 1. The highest BCUT2D eigenvalue weighted by Gasteiger charge is 2.53. The highest BCUT2D eigenvalue weighted by atomic mass is 32.2. The fourth-order valence-electron chi connectivity index (χ4n) is 4.85. The zero-order valence-electron chi connectivity index (χ0n) is 13.9. The fourth-order valence-corrected chi connectivity index (χ4v) is 6.78. The third-order valence-electron chi connectivity index (χ3n) is 6.41. The summed E-state index contributed by atoms with van der Waals surface area (Å²) >= 11 is 0. The topological polar surface area (TPSA) is 57.7 Å². The van der Waals surface area contributed by atoms with Crippen LogP contribution in [0.3, 0.4) is 0 Å². The molecule has 0 unspecified atom stereocenters. The van der Waals surface area contributed by atoms with Crippen LogP contribution < -0.4 is 0 Å². The van der Waals surface area contributed by atoms with E-state index in [1.165, 1.54) is 19.3 Å². The summed E-state index contributed by atoms with van der Waals surface area (Å²) < 4.78 is 26.7. The number of amides is 1. The molecule has 2 saturated carbocycles. The lowest BCUT2D eigenvalue weighted by Crippen LogP contribution is -2.54. The zero-order chi connectivity index (χ0) is 16.1. The van der Waals surface area contributed by atoms with Crippen molar-refractivity contribution in [1.29, 1.82) is 0 Å². The molecule has 0 aromatic rings. The molecule has 0 aromatic carbocycles. The molecule has 0 aromatic heterocycles. The minimum absolute atomic E-state index is 0.161. The van der Waals surface area contributed by atoms with Crippen LogP contribution in [0.4, 0.5) is 0 Å². The second-order valence-corrected chi connectivity index (χ2v) is 10.2. The van der Waals surface area contributed by atoms with Crippen LogP contribution in [0, 0.1) is 5.41 Å². The number of carbonyl (C=O) groups excluding carboxylic acids is 1. The van der Waals surface area contributed by atoms with E-state index in [9.17, 15) is 13.2 Å². The Morgan fingerprint density at radius 2 is 1.65 bits per heavy atom. The van der Waals surface area contributed by atoms with Crippen molar-refractivity contribution in [2.24, 2.45) is 5.41 Å². The Morgan fingerprint density at radius 3 is 2.35 bits per heavy atom. The molecule has 0 bridgehead atoms. The first kappa shape index (κ1) is 15.9. The summed E-state index contributed by atoms with van der Waals surface area (Å²) in [5, 5.41) is -0.161. The summed E-state index contributed by atoms with van der Waals surface area (Å²) in [5.74, 6) is 0.254. The Labute approximate surface area is 139 Å². The van der Waals surface area contributed by atoms with Gasteiger partial charge >= 0.3 is 0 Å². The molecule has 1 amide bonds. The SMILES string of the molecule is O=C1N(C2CCCCC2)CCC[C@@]12CCN(S(=O)(=O)C1CC1)C2. The van der Waals surface area contributed by atoms with Crippen molar-refractivity contribution in [1.82, 2.24) is 9.21 Å². The smallest absolute Gasteiger partial charge is 0.230 e. The van der Waals surface area contributed by atoms with E-state index in [4.69, 9.17) is 0 Å². The molecule has 4 fully saturated rings. The van der Waals surface area contributed by atoms with Crippen molar-refractivity contribution in [3.05, 3.63) is 0 Å². The van der Waals surface area contributed by atoms with Crippen molar-refractivity contribution < 1.29 is 13.2 Å².